The van der Waals surface area contributed by atoms with Crippen molar-refractivity contribution >= 4 is 23.3 Å². The average Bonchev–Trinajstić information content (AvgIpc) is 2.25. The number of terminal acetylenes is 1. The highest BCUT2D eigenvalue weighted by Gasteiger charge is 2.11. The van der Waals surface area contributed by atoms with Gasteiger partial charge in [-0.2, -0.15) is 0 Å². The van der Waals surface area contributed by atoms with E-state index in [4.69, 9.17) is 18.0 Å². The Hall–Kier alpha value is -1.66. The van der Waals surface area contributed by atoms with E-state index in [0.717, 1.165) is 0 Å². The molecule has 15 heavy (non-hydrogen) atoms. The first kappa shape index (κ1) is 11.4. The highest BCUT2D eigenvalue weighted by Crippen LogP contribution is 2.21. The first-order chi connectivity index (χ1) is 7.19. The van der Waals surface area contributed by atoms with Crippen LogP contribution in [0.4, 0.5) is 5.69 Å². The Kier molecular flexibility index (Phi) is 4.02. The molecule has 0 aromatic heterocycles. The van der Waals surface area contributed by atoms with Crippen molar-refractivity contribution in [1.29, 1.82) is 0 Å². The van der Waals surface area contributed by atoms with Crippen LogP contribution in [0.3, 0.4) is 0 Å². The van der Waals surface area contributed by atoms with E-state index < -0.39 is 5.97 Å². The lowest BCUT2D eigenvalue weighted by Gasteiger charge is -2.08. The number of halogens is 1. The molecule has 0 aliphatic carbocycles. The van der Waals surface area contributed by atoms with Gasteiger partial charge in [-0.3, -0.25) is 0 Å². The number of ether oxygens (including phenoxy) is 1. The molecule has 0 fully saturated rings. The summed E-state index contributed by atoms with van der Waals surface area (Å²) in [6.45, 7) is 0.324. The van der Waals surface area contributed by atoms with Gasteiger partial charge in [0.05, 0.1) is 24.9 Å². The van der Waals surface area contributed by atoms with E-state index in [2.05, 4.69) is 16.0 Å². The number of hydrogen-bond donors (Lipinski definition) is 1. The van der Waals surface area contributed by atoms with Crippen molar-refractivity contribution < 1.29 is 9.53 Å². The molecule has 0 spiro atoms. The largest absolute Gasteiger partial charge is 0.465 e. The summed E-state index contributed by atoms with van der Waals surface area (Å²) in [7, 11) is 1.32. The lowest BCUT2D eigenvalue weighted by atomic mass is 10.2. The van der Waals surface area contributed by atoms with Gasteiger partial charge in [0.15, 0.2) is 0 Å². The number of rotatable bonds is 3. The molecule has 78 valence electrons. The molecule has 0 heterocycles. The van der Waals surface area contributed by atoms with Crippen molar-refractivity contribution in [1.82, 2.24) is 0 Å². The second-order valence-corrected chi connectivity index (χ2v) is 3.18. The van der Waals surface area contributed by atoms with Gasteiger partial charge < -0.3 is 10.1 Å². The molecule has 1 N–H and O–H groups in total. The molecule has 1 aromatic rings. The smallest absolute Gasteiger partial charge is 0.339 e. The van der Waals surface area contributed by atoms with E-state index in [9.17, 15) is 4.79 Å². The van der Waals surface area contributed by atoms with Crippen LogP contribution in [0.1, 0.15) is 10.4 Å². The van der Waals surface area contributed by atoms with Crippen LogP contribution in [0.2, 0.25) is 5.02 Å². The fourth-order valence-electron chi connectivity index (χ4n) is 1.10. The zero-order valence-electron chi connectivity index (χ0n) is 8.21. The summed E-state index contributed by atoms with van der Waals surface area (Å²) in [6, 6.07) is 4.84. The molecule has 0 aliphatic heterocycles. The first-order valence-corrected chi connectivity index (χ1v) is 4.62. The topological polar surface area (TPSA) is 38.3 Å². The summed E-state index contributed by atoms with van der Waals surface area (Å²) in [6.07, 6.45) is 5.11. The monoisotopic (exact) mass is 223 g/mol. The predicted octanol–water partition coefficient (Wildman–Crippen LogP) is 2.17. The van der Waals surface area contributed by atoms with Gasteiger partial charge in [0.25, 0.3) is 0 Å². The molecular formula is C11H10ClNO2. The van der Waals surface area contributed by atoms with Gasteiger partial charge in [0.2, 0.25) is 0 Å². The standard InChI is InChI=1S/C11H10ClNO2/c1-3-6-13-10-7-8(12)4-5-9(10)11(14)15-2/h1,4-5,7,13H,6H2,2H3. The molecule has 0 radical (unpaired) electrons. The maximum absolute atomic E-state index is 11.4. The molecule has 0 atom stereocenters. The maximum Gasteiger partial charge on any atom is 0.339 e. The zero-order chi connectivity index (χ0) is 11.3. The van der Waals surface area contributed by atoms with Crippen LogP contribution >= 0.6 is 11.6 Å². The highest BCUT2D eigenvalue weighted by atomic mass is 35.5. The molecule has 4 heteroatoms. The average molecular weight is 224 g/mol. The van der Waals surface area contributed by atoms with Crippen LogP contribution in [-0.4, -0.2) is 19.6 Å². The van der Waals surface area contributed by atoms with Crippen molar-refractivity contribution in [3.63, 3.8) is 0 Å². The van der Waals surface area contributed by atoms with Crippen LogP contribution in [0.5, 0.6) is 0 Å². The van der Waals surface area contributed by atoms with E-state index in [1.54, 1.807) is 18.2 Å². The summed E-state index contributed by atoms with van der Waals surface area (Å²) in [5.74, 6) is 1.99. The number of esters is 1. The van der Waals surface area contributed by atoms with Crippen LogP contribution in [0.25, 0.3) is 0 Å². The van der Waals surface area contributed by atoms with Gasteiger partial charge in [-0.05, 0) is 18.2 Å². The van der Waals surface area contributed by atoms with Crippen molar-refractivity contribution in [2.75, 3.05) is 19.0 Å². The van der Waals surface area contributed by atoms with Crippen molar-refractivity contribution in [3.8, 4) is 12.3 Å². The Labute approximate surface area is 93.4 Å². The summed E-state index contributed by atoms with van der Waals surface area (Å²) in [5.41, 5.74) is 0.990. The molecule has 1 rings (SSSR count). The fourth-order valence-corrected chi connectivity index (χ4v) is 1.27. The number of carbonyl (C=O) groups is 1. The van der Waals surface area contributed by atoms with E-state index in [1.165, 1.54) is 7.11 Å². The minimum absolute atomic E-state index is 0.324. The molecule has 1 aromatic carbocycles. The summed E-state index contributed by atoms with van der Waals surface area (Å²) in [5, 5.41) is 3.43. The number of methoxy groups -OCH3 is 1. The molecule has 0 unspecified atom stereocenters. The van der Waals surface area contributed by atoms with Gasteiger partial charge in [-0.15, -0.1) is 6.42 Å². The first-order valence-electron chi connectivity index (χ1n) is 4.24. The van der Waals surface area contributed by atoms with E-state index >= 15 is 0 Å². The van der Waals surface area contributed by atoms with E-state index in [-0.39, 0.29) is 0 Å². The number of nitrogens with one attached hydrogen (secondary N) is 1. The number of hydrogen-bond acceptors (Lipinski definition) is 3. The quantitative estimate of drug-likeness (QED) is 0.631. The third kappa shape index (κ3) is 2.90. The van der Waals surface area contributed by atoms with Gasteiger partial charge in [-0.1, -0.05) is 17.5 Å². The molecule has 0 aliphatic rings. The summed E-state index contributed by atoms with van der Waals surface area (Å²) < 4.78 is 4.62. The second-order valence-electron chi connectivity index (χ2n) is 2.74. The zero-order valence-corrected chi connectivity index (χ0v) is 8.97. The Morgan fingerprint density at radius 2 is 2.40 bits per heavy atom. The predicted molar refractivity (Wildman–Crippen MR) is 60.1 cm³/mol. The second kappa shape index (κ2) is 5.28. The molecule has 3 nitrogen and oxygen atoms in total. The fraction of sp³-hybridized carbons (Fsp3) is 0.182. The number of anilines is 1. The van der Waals surface area contributed by atoms with Crippen LogP contribution in [0.15, 0.2) is 18.2 Å². The van der Waals surface area contributed by atoms with Crippen molar-refractivity contribution in [3.05, 3.63) is 28.8 Å². The molecular weight excluding hydrogens is 214 g/mol. The van der Waals surface area contributed by atoms with Gasteiger partial charge in [-0.25, -0.2) is 4.79 Å². The number of benzene rings is 1. The van der Waals surface area contributed by atoms with Crippen molar-refractivity contribution in [2.24, 2.45) is 0 Å². The summed E-state index contributed by atoms with van der Waals surface area (Å²) >= 11 is 5.80. The van der Waals surface area contributed by atoms with Crippen LogP contribution in [-0.2, 0) is 4.74 Å². The minimum atomic E-state index is -0.425. The molecule has 0 saturated carbocycles. The third-order valence-electron chi connectivity index (χ3n) is 1.77. The van der Waals surface area contributed by atoms with Crippen molar-refractivity contribution in [2.45, 2.75) is 0 Å². The van der Waals surface area contributed by atoms with E-state index in [0.29, 0.717) is 22.8 Å². The maximum atomic E-state index is 11.4. The highest BCUT2D eigenvalue weighted by molar-refractivity contribution is 6.31. The molecule has 0 amide bonds. The van der Waals surface area contributed by atoms with Crippen LogP contribution < -0.4 is 5.32 Å². The minimum Gasteiger partial charge on any atom is -0.465 e. The van der Waals surface area contributed by atoms with Gasteiger partial charge in [0, 0.05) is 5.02 Å². The Bertz CT molecular complexity index is 410. The van der Waals surface area contributed by atoms with E-state index in [1.807, 2.05) is 0 Å². The number of carbonyl (C=O) groups excluding carboxylic acids is 1. The Morgan fingerprint density at radius 1 is 1.67 bits per heavy atom. The Morgan fingerprint density at radius 3 is 3.00 bits per heavy atom. The van der Waals surface area contributed by atoms with Gasteiger partial charge >= 0.3 is 5.97 Å². The Balaban J connectivity index is 3.04. The summed E-state index contributed by atoms with van der Waals surface area (Å²) in [4.78, 5) is 11.4. The molecule has 0 bridgehead atoms. The lowest BCUT2D eigenvalue weighted by molar-refractivity contribution is 0.0602. The SMILES string of the molecule is C#CCNc1cc(Cl)ccc1C(=O)OC. The lowest BCUT2D eigenvalue weighted by Crippen LogP contribution is -2.08. The van der Waals surface area contributed by atoms with Crippen LogP contribution in [0, 0.1) is 12.3 Å². The molecule has 0 saturated heterocycles. The van der Waals surface area contributed by atoms with Gasteiger partial charge in [0.1, 0.15) is 0 Å². The normalized spacial score (nSPS) is 9.13. The third-order valence-corrected chi connectivity index (χ3v) is 2.00.